The van der Waals surface area contributed by atoms with Gasteiger partial charge >= 0.3 is 0 Å². The van der Waals surface area contributed by atoms with Gasteiger partial charge in [-0.2, -0.15) is 0 Å². The van der Waals surface area contributed by atoms with Crippen LogP contribution < -0.4 is 15.8 Å². The molecule has 0 bridgehead atoms. The zero-order chi connectivity index (χ0) is 18.5. The first kappa shape index (κ1) is 18.5. The van der Waals surface area contributed by atoms with Crippen molar-refractivity contribution in [2.75, 3.05) is 13.2 Å². The average molecular weight is 365 g/mol. The van der Waals surface area contributed by atoms with Gasteiger partial charge in [-0.15, -0.1) is 0 Å². The molecule has 2 atom stereocenters. The Kier molecular flexibility index (Phi) is 6.10. The van der Waals surface area contributed by atoms with Gasteiger partial charge in [0.05, 0.1) is 0 Å². The van der Waals surface area contributed by atoms with Gasteiger partial charge in [-0.3, -0.25) is 0 Å². The third-order valence-electron chi connectivity index (χ3n) is 6.31. The van der Waals surface area contributed by atoms with Crippen LogP contribution in [0.3, 0.4) is 0 Å². The van der Waals surface area contributed by atoms with Crippen molar-refractivity contribution in [3.05, 3.63) is 65.2 Å². The second-order valence-corrected chi connectivity index (χ2v) is 8.20. The molecule has 0 amide bonds. The topological polar surface area (TPSA) is 47.3 Å². The monoisotopic (exact) mass is 364 g/mol. The van der Waals surface area contributed by atoms with Crippen molar-refractivity contribution >= 4 is 0 Å². The Labute approximate surface area is 163 Å². The standard InChI is InChI=1S/C24H32N2O/c25-15-20-11-12-24-22(14-20)21(13-18-7-3-1-4-8-18)23(17-27-24)26-16-19-9-5-2-6-10-19/h1,3-4,7-8,11-12,14,19,21,23,26H,2,5-6,9-10,13,15-17,25H2. The lowest BCUT2D eigenvalue weighted by Gasteiger charge is -2.36. The Morgan fingerprint density at radius 3 is 2.56 bits per heavy atom. The van der Waals surface area contributed by atoms with Gasteiger partial charge in [-0.05, 0) is 54.5 Å². The summed E-state index contributed by atoms with van der Waals surface area (Å²) >= 11 is 0. The molecule has 1 fully saturated rings. The van der Waals surface area contributed by atoms with Crippen molar-refractivity contribution in [3.8, 4) is 5.75 Å². The van der Waals surface area contributed by atoms with Crippen molar-refractivity contribution < 1.29 is 4.74 Å². The molecular formula is C24H32N2O. The van der Waals surface area contributed by atoms with Crippen LogP contribution in [0.25, 0.3) is 0 Å². The number of nitrogens with one attached hydrogen (secondary N) is 1. The molecule has 1 aliphatic heterocycles. The predicted octanol–water partition coefficient (Wildman–Crippen LogP) is 4.40. The van der Waals surface area contributed by atoms with E-state index in [2.05, 4.69) is 53.8 Å². The number of fused-ring (bicyclic) bond motifs is 1. The summed E-state index contributed by atoms with van der Waals surface area (Å²) in [4.78, 5) is 0. The molecule has 1 saturated carbocycles. The minimum absolute atomic E-state index is 0.354. The van der Waals surface area contributed by atoms with E-state index < -0.39 is 0 Å². The van der Waals surface area contributed by atoms with Crippen LogP contribution in [0.4, 0.5) is 0 Å². The summed E-state index contributed by atoms with van der Waals surface area (Å²) in [6, 6.07) is 17.6. The van der Waals surface area contributed by atoms with Gasteiger partial charge in [-0.1, -0.05) is 61.7 Å². The third kappa shape index (κ3) is 4.53. The first-order valence-corrected chi connectivity index (χ1v) is 10.6. The Hall–Kier alpha value is -1.84. The Morgan fingerprint density at radius 2 is 1.78 bits per heavy atom. The van der Waals surface area contributed by atoms with Crippen LogP contribution in [0.5, 0.6) is 5.75 Å². The quantitative estimate of drug-likeness (QED) is 0.798. The predicted molar refractivity (Wildman–Crippen MR) is 111 cm³/mol. The molecule has 2 aliphatic rings. The Bertz CT molecular complexity index is 724. The molecular weight excluding hydrogens is 332 g/mol. The van der Waals surface area contributed by atoms with Gasteiger partial charge in [0.1, 0.15) is 12.4 Å². The maximum absolute atomic E-state index is 6.14. The van der Waals surface area contributed by atoms with Crippen LogP contribution in [-0.4, -0.2) is 19.2 Å². The first-order chi connectivity index (χ1) is 13.3. The highest BCUT2D eigenvalue weighted by Crippen LogP contribution is 2.37. The maximum Gasteiger partial charge on any atom is 0.122 e. The second-order valence-electron chi connectivity index (χ2n) is 8.20. The largest absolute Gasteiger partial charge is 0.492 e. The number of hydrogen-bond donors (Lipinski definition) is 2. The molecule has 0 aromatic heterocycles. The second kappa shape index (κ2) is 8.90. The molecule has 2 aromatic rings. The van der Waals surface area contributed by atoms with Crippen molar-refractivity contribution in [2.24, 2.45) is 11.7 Å². The van der Waals surface area contributed by atoms with Gasteiger partial charge in [0.2, 0.25) is 0 Å². The number of nitrogens with two attached hydrogens (primary N) is 1. The smallest absolute Gasteiger partial charge is 0.122 e. The molecule has 1 aliphatic carbocycles. The molecule has 0 saturated heterocycles. The Balaban J connectivity index is 1.55. The molecule has 3 nitrogen and oxygen atoms in total. The summed E-state index contributed by atoms with van der Waals surface area (Å²) in [5.74, 6) is 2.28. The minimum Gasteiger partial charge on any atom is -0.492 e. The highest BCUT2D eigenvalue weighted by Gasteiger charge is 2.31. The lowest BCUT2D eigenvalue weighted by atomic mass is 9.82. The fraction of sp³-hybridized carbons (Fsp3) is 0.500. The molecule has 1 heterocycles. The van der Waals surface area contributed by atoms with Crippen LogP contribution in [0.1, 0.15) is 54.7 Å². The van der Waals surface area contributed by atoms with E-state index in [4.69, 9.17) is 10.5 Å². The van der Waals surface area contributed by atoms with Crippen LogP contribution in [0.15, 0.2) is 48.5 Å². The lowest BCUT2D eigenvalue weighted by Crippen LogP contribution is -2.45. The van der Waals surface area contributed by atoms with E-state index in [1.165, 1.54) is 48.8 Å². The molecule has 3 heteroatoms. The van der Waals surface area contributed by atoms with E-state index in [1.807, 2.05) is 0 Å². The fourth-order valence-corrected chi connectivity index (χ4v) is 4.69. The van der Waals surface area contributed by atoms with Gasteiger partial charge in [0.25, 0.3) is 0 Å². The van der Waals surface area contributed by atoms with E-state index in [9.17, 15) is 0 Å². The highest BCUT2D eigenvalue weighted by molar-refractivity contribution is 5.43. The van der Waals surface area contributed by atoms with Crippen LogP contribution in [0.2, 0.25) is 0 Å². The SMILES string of the molecule is NCc1ccc2c(c1)C(Cc1ccccc1)C(NCC1CCCCC1)CO2. The zero-order valence-corrected chi connectivity index (χ0v) is 16.2. The molecule has 2 unspecified atom stereocenters. The lowest BCUT2D eigenvalue weighted by molar-refractivity contribution is 0.201. The molecule has 3 N–H and O–H groups in total. The number of ether oxygens (including phenoxy) is 1. The molecule has 144 valence electrons. The van der Waals surface area contributed by atoms with E-state index >= 15 is 0 Å². The molecule has 4 rings (SSSR count). The van der Waals surface area contributed by atoms with Gasteiger partial charge in [0, 0.05) is 18.5 Å². The molecule has 0 radical (unpaired) electrons. The van der Waals surface area contributed by atoms with Crippen LogP contribution in [-0.2, 0) is 13.0 Å². The third-order valence-corrected chi connectivity index (χ3v) is 6.31. The minimum atomic E-state index is 0.354. The summed E-state index contributed by atoms with van der Waals surface area (Å²) in [6.07, 6.45) is 7.98. The summed E-state index contributed by atoms with van der Waals surface area (Å²) in [5, 5.41) is 3.88. The van der Waals surface area contributed by atoms with Crippen LogP contribution >= 0.6 is 0 Å². The van der Waals surface area contributed by atoms with Crippen molar-refractivity contribution in [2.45, 2.75) is 57.0 Å². The molecule has 0 spiro atoms. The molecule has 27 heavy (non-hydrogen) atoms. The van der Waals surface area contributed by atoms with Gasteiger partial charge in [0.15, 0.2) is 0 Å². The number of benzene rings is 2. The molecule has 2 aromatic carbocycles. The maximum atomic E-state index is 6.14. The summed E-state index contributed by atoms with van der Waals surface area (Å²) in [6.45, 7) is 2.44. The van der Waals surface area contributed by atoms with E-state index in [1.54, 1.807) is 0 Å². The highest BCUT2D eigenvalue weighted by atomic mass is 16.5. The van der Waals surface area contributed by atoms with E-state index in [-0.39, 0.29) is 0 Å². The summed E-state index contributed by atoms with van der Waals surface area (Å²) in [5.41, 5.74) is 9.80. The van der Waals surface area contributed by atoms with Crippen molar-refractivity contribution in [1.29, 1.82) is 0 Å². The first-order valence-electron chi connectivity index (χ1n) is 10.6. The van der Waals surface area contributed by atoms with Gasteiger partial charge in [-0.25, -0.2) is 0 Å². The number of hydrogen-bond acceptors (Lipinski definition) is 3. The summed E-state index contributed by atoms with van der Waals surface area (Å²) in [7, 11) is 0. The normalized spacial score (nSPS) is 22.9. The van der Waals surface area contributed by atoms with E-state index in [0.717, 1.165) is 31.2 Å². The van der Waals surface area contributed by atoms with Crippen molar-refractivity contribution in [1.82, 2.24) is 5.32 Å². The summed E-state index contributed by atoms with van der Waals surface area (Å²) < 4.78 is 6.14. The van der Waals surface area contributed by atoms with E-state index in [0.29, 0.717) is 18.5 Å². The fourth-order valence-electron chi connectivity index (χ4n) is 4.69. The Morgan fingerprint density at radius 1 is 0.963 bits per heavy atom. The zero-order valence-electron chi connectivity index (χ0n) is 16.2. The number of rotatable bonds is 6. The van der Waals surface area contributed by atoms with Crippen molar-refractivity contribution in [3.63, 3.8) is 0 Å². The van der Waals surface area contributed by atoms with Gasteiger partial charge < -0.3 is 15.8 Å². The van der Waals surface area contributed by atoms with Crippen LogP contribution in [0, 0.1) is 5.92 Å². The average Bonchev–Trinajstić information content (AvgIpc) is 2.74.